The van der Waals surface area contributed by atoms with Gasteiger partial charge in [0.15, 0.2) is 0 Å². The van der Waals surface area contributed by atoms with E-state index in [9.17, 15) is 0 Å². The van der Waals surface area contributed by atoms with Crippen LogP contribution in [0.15, 0.2) is 18.2 Å². The molecule has 1 aromatic rings. The Kier molecular flexibility index (Phi) is 4.51. The molecule has 2 N–H and O–H groups in total. The third-order valence-electron chi connectivity index (χ3n) is 5.28. The molecule has 1 aromatic carbocycles. The van der Waals surface area contributed by atoms with Crippen LogP contribution in [0.25, 0.3) is 0 Å². The lowest BCUT2D eigenvalue weighted by molar-refractivity contribution is 0.135. The molecule has 3 heteroatoms. The van der Waals surface area contributed by atoms with Crippen molar-refractivity contribution in [3.05, 3.63) is 29.3 Å². The summed E-state index contributed by atoms with van der Waals surface area (Å²) < 4.78 is 0. The van der Waals surface area contributed by atoms with Gasteiger partial charge in [0.25, 0.3) is 0 Å². The van der Waals surface area contributed by atoms with Gasteiger partial charge in [-0.2, -0.15) is 0 Å². The molecular weight excluding hydrogens is 258 g/mol. The van der Waals surface area contributed by atoms with Crippen molar-refractivity contribution in [1.29, 1.82) is 0 Å². The fourth-order valence-corrected chi connectivity index (χ4v) is 4.04. The molecule has 2 aliphatic rings. The largest absolute Gasteiger partial charge is 0.378 e. The average Bonchev–Trinajstić information content (AvgIpc) is 2.66. The number of hydrogen-bond donors (Lipinski definition) is 1. The molecule has 0 spiro atoms. The van der Waals surface area contributed by atoms with Gasteiger partial charge >= 0.3 is 0 Å². The van der Waals surface area contributed by atoms with Crippen molar-refractivity contribution in [2.24, 2.45) is 5.73 Å². The van der Waals surface area contributed by atoms with E-state index in [1.165, 1.54) is 55.3 Å². The van der Waals surface area contributed by atoms with Crippen LogP contribution in [0.5, 0.6) is 0 Å². The Balaban J connectivity index is 1.85. The summed E-state index contributed by atoms with van der Waals surface area (Å²) in [6.07, 6.45) is 8.30. The van der Waals surface area contributed by atoms with Crippen molar-refractivity contribution in [3.63, 3.8) is 0 Å². The van der Waals surface area contributed by atoms with Gasteiger partial charge in [-0.05, 0) is 36.1 Å². The number of rotatable bonds is 3. The first-order chi connectivity index (χ1) is 10.2. The van der Waals surface area contributed by atoms with Gasteiger partial charge in [-0.25, -0.2) is 0 Å². The molecule has 1 saturated carbocycles. The van der Waals surface area contributed by atoms with E-state index in [0.717, 1.165) is 19.1 Å². The van der Waals surface area contributed by atoms with Crippen molar-refractivity contribution in [1.82, 2.24) is 4.90 Å². The SMILES string of the molecule is CN(C)c1ccc2c(c1)C(CN)N(C1CCCCCC1)C2. The Hall–Kier alpha value is -1.06. The summed E-state index contributed by atoms with van der Waals surface area (Å²) in [5.74, 6) is 0. The highest BCUT2D eigenvalue weighted by atomic mass is 15.2. The number of fused-ring (bicyclic) bond motifs is 1. The number of benzene rings is 1. The van der Waals surface area contributed by atoms with Gasteiger partial charge in [-0.15, -0.1) is 0 Å². The molecule has 0 radical (unpaired) electrons. The monoisotopic (exact) mass is 287 g/mol. The van der Waals surface area contributed by atoms with E-state index in [2.05, 4.69) is 42.1 Å². The van der Waals surface area contributed by atoms with E-state index < -0.39 is 0 Å². The molecule has 1 aliphatic heterocycles. The quantitative estimate of drug-likeness (QED) is 0.866. The lowest BCUT2D eigenvalue weighted by atomic mass is 10.0. The van der Waals surface area contributed by atoms with Crippen molar-refractivity contribution in [2.45, 2.75) is 57.2 Å². The van der Waals surface area contributed by atoms with Gasteiger partial charge in [0, 0.05) is 45.0 Å². The molecule has 1 unspecified atom stereocenters. The summed E-state index contributed by atoms with van der Waals surface area (Å²) in [6.45, 7) is 1.83. The fraction of sp³-hybridized carbons (Fsp3) is 0.667. The number of nitrogens with zero attached hydrogens (tertiary/aromatic N) is 2. The zero-order valence-corrected chi connectivity index (χ0v) is 13.5. The maximum Gasteiger partial charge on any atom is 0.0480 e. The highest BCUT2D eigenvalue weighted by molar-refractivity contribution is 5.52. The Morgan fingerprint density at radius 1 is 1.14 bits per heavy atom. The molecule has 3 rings (SSSR count). The molecule has 0 aromatic heterocycles. The number of nitrogens with two attached hydrogens (primary N) is 1. The number of hydrogen-bond acceptors (Lipinski definition) is 3. The van der Waals surface area contributed by atoms with E-state index in [1.54, 1.807) is 0 Å². The van der Waals surface area contributed by atoms with E-state index in [4.69, 9.17) is 5.73 Å². The van der Waals surface area contributed by atoms with Crippen LogP contribution in [-0.2, 0) is 6.54 Å². The Labute approximate surface area is 129 Å². The lowest BCUT2D eigenvalue weighted by Gasteiger charge is -2.32. The van der Waals surface area contributed by atoms with Crippen LogP contribution in [0.3, 0.4) is 0 Å². The average molecular weight is 287 g/mol. The predicted molar refractivity (Wildman–Crippen MR) is 89.6 cm³/mol. The summed E-state index contributed by atoms with van der Waals surface area (Å²) in [4.78, 5) is 4.87. The van der Waals surface area contributed by atoms with E-state index in [1.807, 2.05) is 0 Å². The minimum Gasteiger partial charge on any atom is -0.378 e. The maximum absolute atomic E-state index is 6.16. The highest BCUT2D eigenvalue weighted by Gasteiger charge is 2.34. The van der Waals surface area contributed by atoms with Gasteiger partial charge in [-0.3, -0.25) is 4.90 Å². The highest BCUT2D eigenvalue weighted by Crippen LogP contribution is 2.39. The second-order valence-electron chi connectivity index (χ2n) is 6.85. The minimum atomic E-state index is 0.419. The normalized spacial score (nSPS) is 23.9. The van der Waals surface area contributed by atoms with Gasteiger partial charge in [0.05, 0.1) is 0 Å². The maximum atomic E-state index is 6.16. The zero-order valence-electron chi connectivity index (χ0n) is 13.5. The molecule has 0 bridgehead atoms. The molecule has 1 heterocycles. The summed E-state index contributed by atoms with van der Waals surface area (Å²) in [7, 11) is 4.22. The van der Waals surface area contributed by atoms with Crippen LogP contribution >= 0.6 is 0 Å². The van der Waals surface area contributed by atoms with Crippen molar-refractivity contribution in [3.8, 4) is 0 Å². The standard InChI is InChI=1S/C18H29N3/c1-20(2)16-10-9-14-13-21(18(12-19)17(14)11-16)15-7-5-3-4-6-8-15/h9-11,15,18H,3-8,12-13,19H2,1-2H3. The van der Waals surface area contributed by atoms with Crippen LogP contribution in [-0.4, -0.2) is 31.6 Å². The second-order valence-corrected chi connectivity index (χ2v) is 6.85. The van der Waals surface area contributed by atoms with Crippen molar-refractivity contribution < 1.29 is 0 Å². The van der Waals surface area contributed by atoms with E-state index >= 15 is 0 Å². The lowest BCUT2D eigenvalue weighted by Crippen LogP contribution is -2.36. The predicted octanol–water partition coefficient (Wildman–Crippen LogP) is 3.29. The third-order valence-corrected chi connectivity index (χ3v) is 5.28. The van der Waals surface area contributed by atoms with Crippen LogP contribution < -0.4 is 10.6 Å². The van der Waals surface area contributed by atoms with Crippen LogP contribution in [0.1, 0.15) is 55.7 Å². The topological polar surface area (TPSA) is 32.5 Å². The van der Waals surface area contributed by atoms with Crippen LogP contribution in [0, 0.1) is 0 Å². The molecule has 21 heavy (non-hydrogen) atoms. The number of anilines is 1. The summed E-state index contributed by atoms with van der Waals surface area (Å²) in [6, 6.07) is 8.05. The smallest absolute Gasteiger partial charge is 0.0480 e. The Bertz CT molecular complexity index is 475. The second kappa shape index (κ2) is 6.37. The van der Waals surface area contributed by atoms with E-state index in [0.29, 0.717) is 6.04 Å². The van der Waals surface area contributed by atoms with Gasteiger partial charge in [0.1, 0.15) is 0 Å². The molecule has 116 valence electrons. The van der Waals surface area contributed by atoms with Gasteiger partial charge < -0.3 is 10.6 Å². The Morgan fingerprint density at radius 2 is 1.86 bits per heavy atom. The molecule has 0 saturated heterocycles. The van der Waals surface area contributed by atoms with Gasteiger partial charge in [0.2, 0.25) is 0 Å². The van der Waals surface area contributed by atoms with Crippen LogP contribution in [0.2, 0.25) is 0 Å². The van der Waals surface area contributed by atoms with Crippen molar-refractivity contribution in [2.75, 3.05) is 25.5 Å². The fourth-order valence-electron chi connectivity index (χ4n) is 4.04. The molecule has 1 atom stereocenters. The van der Waals surface area contributed by atoms with Gasteiger partial charge in [-0.1, -0.05) is 31.7 Å². The summed E-state index contributed by atoms with van der Waals surface area (Å²) in [5.41, 5.74) is 10.4. The molecule has 1 aliphatic carbocycles. The Morgan fingerprint density at radius 3 is 2.48 bits per heavy atom. The molecule has 1 fully saturated rings. The third kappa shape index (κ3) is 2.95. The molecule has 3 nitrogen and oxygen atoms in total. The molecular formula is C18H29N3. The minimum absolute atomic E-state index is 0.419. The molecule has 0 amide bonds. The van der Waals surface area contributed by atoms with Crippen LogP contribution in [0.4, 0.5) is 5.69 Å². The van der Waals surface area contributed by atoms with E-state index in [-0.39, 0.29) is 0 Å². The zero-order chi connectivity index (χ0) is 14.8. The first kappa shape index (κ1) is 14.9. The summed E-state index contributed by atoms with van der Waals surface area (Å²) >= 11 is 0. The first-order valence-corrected chi connectivity index (χ1v) is 8.46. The first-order valence-electron chi connectivity index (χ1n) is 8.46. The van der Waals surface area contributed by atoms with Crippen molar-refractivity contribution >= 4 is 5.69 Å². The summed E-state index contributed by atoms with van der Waals surface area (Å²) in [5, 5.41) is 0.